The number of rotatable bonds is 9. The van der Waals surface area contributed by atoms with E-state index in [-0.39, 0.29) is 0 Å². The first-order valence-corrected chi connectivity index (χ1v) is 15.4. The maximum atomic E-state index is 11.4. The molecular formula is C30H47NO3Si. The number of aliphatic hydroxyl groups is 1. The molecule has 0 radical (unpaired) electrons. The Hall–Kier alpha value is -1.82. The Morgan fingerprint density at radius 2 is 1.43 bits per heavy atom. The summed E-state index contributed by atoms with van der Waals surface area (Å²) in [5, 5.41) is 11.4. The van der Waals surface area contributed by atoms with Gasteiger partial charge in [-0.1, -0.05) is 65.8 Å². The van der Waals surface area contributed by atoms with Crippen LogP contribution in [0.1, 0.15) is 76.6 Å². The number of ether oxygens (including phenoxy) is 1. The van der Waals surface area contributed by atoms with E-state index >= 15 is 0 Å². The molecule has 0 amide bonds. The summed E-state index contributed by atoms with van der Waals surface area (Å²) >= 11 is 0. The minimum atomic E-state index is -2.00. The van der Waals surface area contributed by atoms with Gasteiger partial charge in [0.2, 0.25) is 0 Å². The molecule has 35 heavy (non-hydrogen) atoms. The van der Waals surface area contributed by atoms with Crippen molar-refractivity contribution in [3.05, 3.63) is 58.7 Å². The van der Waals surface area contributed by atoms with Gasteiger partial charge in [0.1, 0.15) is 5.75 Å². The predicted molar refractivity (Wildman–Crippen MR) is 150 cm³/mol. The monoisotopic (exact) mass is 497 g/mol. The molecule has 0 bridgehead atoms. The van der Waals surface area contributed by atoms with E-state index in [9.17, 15) is 5.11 Å². The van der Waals surface area contributed by atoms with Gasteiger partial charge in [0.05, 0.1) is 12.2 Å². The van der Waals surface area contributed by atoms with Gasteiger partial charge in [-0.15, -0.1) is 0 Å². The normalized spacial score (nSPS) is 16.4. The summed E-state index contributed by atoms with van der Waals surface area (Å²) in [5.41, 5.74) is 6.72. The van der Waals surface area contributed by atoms with Gasteiger partial charge < -0.3 is 19.2 Å². The largest absolute Gasteiger partial charge is 0.543 e. The van der Waals surface area contributed by atoms with E-state index in [2.05, 4.69) is 96.7 Å². The molecule has 4 nitrogen and oxygen atoms in total. The topological polar surface area (TPSA) is 41.9 Å². The van der Waals surface area contributed by atoms with Gasteiger partial charge in [-0.05, 0) is 77.7 Å². The highest BCUT2D eigenvalue weighted by atomic mass is 28.4. The molecule has 1 heterocycles. The number of methoxy groups -OCH3 is 1. The Balaban J connectivity index is 1.78. The van der Waals surface area contributed by atoms with Crippen LogP contribution in [0.4, 0.5) is 5.69 Å². The van der Waals surface area contributed by atoms with Crippen molar-refractivity contribution in [2.45, 2.75) is 97.1 Å². The van der Waals surface area contributed by atoms with Crippen molar-refractivity contribution in [2.24, 2.45) is 0 Å². The fourth-order valence-corrected chi connectivity index (χ4v) is 11.6. The molecule has 0 spiro atoms. The Morgan fingerprint density at radius 3 is 1.91 bits per heavy atom. The van der Waals surface area contributed by atoms with Crippen LogP contribution in [0.2, 0.25) is 16.6 Å². The van der Waals surface area contributed by atoms with E-state index in [1.54, 1.807) is 7.11 Å². The first kappa shape index (κ1) is 27.8. The lowest BCUT2D eigenvalue weighted by Crippen LogP contribution is -2.50. The Kier molecular flexibility index (Phi) is 8.77. The quantitative estimate of drug-likeness (QED) is 0.364. The van der Waals surface area contributed by atoms with Crippen molar-refractivity contribution < 1.29 is 14.3 Å². The van der Waals surface area contributed by atoms with E-state index in [1.807, 2.05) is 0 Å². The van der Waals surface area contributed by atoms with Crippen LogP contribution in [0.3, 0.4) is 0 Å². The van der Waals surface area contributed by atoms with Crippen molar-refractivity contribution in [3.63, 3.8) is 0 Å². The Labute approximate surface area is 214 Å². The summed E-state index contributed by atoms with van der Waals surface area (Å²) in [6.07, 6.45) is 1.44. The highest BCUT2D eigenvalue weighted by molar-refractivity contribution is 6.78. The maximum absolute atomic E-state index is 11.4. The van der Waals surface area contributed by atoms with Crippen LogP contribution in [-0.4, -0.2) is 33.6 Å². The SMILES string of the molecule is COCc1ccc(C2(O)CCN(c3cc(C)c(O[Si](C(C)C)(C(C)C)C(C)C)cc3C)CC2)cc1. The number of nitrogens with zero attached hydrogens (tertiary/aromatic N) is 1. The lowest BCUT2D eigenvalue weighted by molar-refractivity contribution is 0.0117. The molecular weight excluding hydrogens is 450 g/mol. The van der Waals surface area contributed by atoms with Gasteiger partial charge in [-0.3, -0.25) is 0 Å². The first-order chi connectivity index (χ1) is 16.4. The number of hydrogen-bond acceptors (Lipinski definition) is 4. The lowest BCUT2D eigenvalue weighted by atomic mass is 9.84. The third-order valence-electron chi connectivity index (χ3n) is 8.22. The summed E-state index contributed by atoms with van der Waals surface area (Å²) in [6.45, 7) is 20.7. The molecule has 0 aliphatic carbocycles. The van der Waals surface area contributed by atoms with E-state index in [1.165, 1.54) is 16.8 Å². The minimum Gasteiger partial charge on any atom is -0.543 e. The van der Waals surface area contributed by atoms with Gasteiger partial charge in [0.25, 0.3) is 8.32 Å². The summed E-state index contributed by atoms with van der Waals surface area (Å²) in [5.74, 6) is 1.05. The van der Waals surface area contributed by atoms with E-state index in [0.29, 0.717) is 23.2 Å². The minimum absolute atomic E-state index is 0.546. The molecule has 2 aromatic carbocycles. The molecule has 0 atom stereocenters. The second kappa shape index (κ2) is 11.1. The average molecular weight is 498 g/mol. The molecule has 2 aromatic rings. The van der Waals surface area contributed by atoms with Gasteiger partial charge in [0.15, 0.2) is 0 Å². The van der Waals surface area contributed by atoms with Gasteiger partial charge in [0, 0.05) is 25.9 Å². The molecule has 0 saturated carbocycles. The predicted octanol–water partition coefficient (Wildman–Crippen LogP) is 7.49. The first-order valence-electron chi connectivity index (χ1n) is 13.3. The van der Waals surface area contributed by atoms with Crippen LogP contribution in [0.25, 0.3) is 0 Å². The van der Waals surface area contributed by atoms with Crippen molar-refractivity contribution in [1.82, 2.24) is 0 Å². The summed E-state index contributed by atoms with van der Waals surface area (Å²) < 4.78 is 12.2. The lowest BCUT2D eigenvalue weighted by Gasteiger charge is -2.43. The summed E-state index contributed by atoms with van der Waals surface area (Å²) in [7, 11) is -0.295. The zero-order valence-corrected chi connectivity index (χ0v) is 24.4. The van der Waals surface area contributed by atoms with Crippen molar-refractivity contribution >= 4 is 14.0 Å². The van der Waals surface area contributed by atoms with Crippen LogP contribution >= 0.6 is 0 Å². The molecule has 1 aliphatic rings. The highest BCUT2D eigenvalue weighted by Gasteiger charge is 2.47. The number of aryl methyl sites for hydroxylation is 2. The Morgan fingerprint density at radius 1 is 0.886 bits per heavy atom. The van der Waals surface area contributed by atoms with Crippen LogP contribution in [0, 0.1) is 13.8 Å². The molecule has 1 N–H and O–H groups in total. The van der Waals surface area contributed by atoms with Crippen molar-refractivity contribution in [2.75, 3.05) is 25.1 Å². The fraction of sp³-hybridized carbons (Fsp3) is 0.600. The fourth-order valence-electron chi connectivity index (χ4n) is 6.25. The third-order valence-corrected chi connectivity index (χ3v) is 14.2. The Bertz CT molecular complexity index is 954. The summed E-state index contributed by atoms with van der Waals surface area (Å²) in [4.78, 5) is 2.43. The second-order valence-electron chi connectivity index (χ2n) is 11.5. The zero-order chi connectivity index (χ0) is 26.0. The van der Waals surface area contributed by atoms with Crippen LogP contribution < -0.4 is 9.33 Å². The van der Waals surface area contributed by atoms with Gasteiger partial charge >= 0.3 is 0 Å². The number of hydrogen-bond donors (Lipinski definition) is 1. The van der Waals surface area contributed by atoms with E-state index < -0.39 is 13.9 Å². The molecule has 3 rings (SSSR count). The maximum Gasteiger partial charge on any atom is 0.258 e. The standard InChI is InChI=1S/C30H47NO3Si/c1-21(2)35(22(3)4,23(5)6)34-29-19-24(7)28(18-25(29)8)31-16-14-30(32,15-17-31)27-12-10-26(11-13-27)20-33-9/h10-13,18-19,21-23,32H,14-17,20H2,1-9H3. The smallest absolute Gasteiger partial charge is 0.258 e. The number of benzene rings is 2. The molecule has 1 aliphatic heterocycles. The van der Waals surface area contributed by atoms with E-state index in [4.69, 9.17) is 9.16 Å². The van der Waals surface area contributed by atoms with Gasteiger partial charge in [-0.2, -0.15) is 0 Å². The average Bonchev–Trinajstić information content (AvgIpc) is 2.80. The van der Waals surface area contributed by atoms with Gasteiger partial charge in [-0.25, -0.2) is 0 Å². The molecule has 1 saturated heterocycles. The molecule has 194 valence electrons. The number of anilines is 1. The van der Waals surface area contributed by atoms with Crippen LogP contribution in [0.15, 0.2) is 36.4 Å². The highest BCUT2D eigenvalue weighted by Crippen LogP contribution is 2.44. The zero-order valence-electron chi connectivity index (χ0n) is 23.4. The molecule has 0 aromatic heterocycles. The van der Waals surface area contributed by atoms with E-state index in [0.717, 1.165) is 42.8 Å². The number of piperidine rings is 1. The van der Waals surface area contributed by atoms with Crippen LogP contribution in [0.5, 0.6) is 5.75 Å². The summed E-state index contributed by atoms with van der Waals surface area (Å²) in [6, 6.07) is 12.8. The third kappa shape index (κ3) is 5.62. The second-order valence-corrected chi connectivity index (χ2v) is 16.8. The molecule has 5 heteroatoms. The van der Waals surface area contributed by atoms with Crippen molar-refractivity contribution in [1.29, 1.82) is 0 Å². The molecule has 1 fully saturated rings. The van der Waals surface area contributed by atoms with Crippen molar-refractivity contribution in [3.8, 4) is 5.75 Å². The molecule has 0 unspecified atom stereocenters. The van der Waals surface area contributed by atoms with Crippen LogP contribution in [-0.2, 0) is 16.9 Å².